The van der Waals surface area contributed by atoms with Crippen LogP contribution in [0.25, 0.3) is 0 Å². The summed E-state index contributed by atoms with van der Waals surface area (Å²) in [6, 6.07) is 8.17. The molecule has 0 aliphatic carbocycles. The number of ether oxygens (including phenoxy) is 4. The van der Waals surface area contributed by atoms with Crippen LogP contribution in [0.2, 0.25) is 0 Å². The smallest absolute Gasteiger partial charge is 0.217 e. The van der Waals surface area contributed by atoms with E-state index < -0.39 is 67.3 Å². The standard InChI is InChI=1S/C21H31NO10/c1-10-15(24)18(27)19(28)21(31-10)30-9-13-16(25)17(26)14(22-11(2)23)20(32-13)29-8-12-6-4-3-5-7-12/h3-7,10,13-21,24-28H,8-9H2,1-2H3,(H,22,23)/t10-,13-,14-,15+,16-,17-,18+,19-,20+,21-/m1/s1. The highest BCUT2D eigenvalue weighted by atomic mass is 16.7. The van der Waals surface area contributed by atoms with Gasteiger partial charge in [-0.05, 0) is 12.5 Å². The second kappa shape index (κ2) is 11.0. The molecule has 1 aromatic rings. The van der Waals surface area contributed by atoms with Crippen LogP contribution in [0, 0.1) is 0 Å². The molecule has 3 rings (SSSR count). The van der Waals surface area contributed by atoms with E-state index in [-0.39, 0.29) is 13.2 Å². The van der Waals surface area contributed by atoms with E-state index in [0.717, 1.165) is 5.56 Å². The molecule has 1 amide bonds. The third kappa shape index (κ3) is 5.81. The van der Waals surface area contributed by atoms with Gasteiger partial charge in [0.1, 0.15) is 42.7 Å². The summed E-state index contributed by atoms with van der Waals surface area (Å²) in [5.74, 6) is -0.437. The van der Waals surface area contributed by atoms with Crippen LogP contribution in [0.4, 0.5) is 0 Å². The lowest BCUT2D eigenvalue weighted by molar-refractivity contribution is -0.317. The number of amides is 1. The van der Waals surface area contributed by atoms with E-state index in [4.69, 9.17) is 18.9 Å². The maximum Gasteiger partial charge on any atom is 0.217 e. The van der Waals surface area contributed by atoms with E-state index in [2.05, 4.69) is 5.32 Å². The number of nitrogens with one attached hydrogen (secondary N) is 1. The van der Waals surface area contributed by atoms with Gasteiger partial charge < -0.3 is 49.8 Å². The van der Waals surface area contributed by atoms with Crippen LogP contribution in [0.3, 0.4) is 0 Å². The highest BCUT2D eigenvalue weighted by Crippen LogP contribution is 2.26. The molecule has 2 heterocycles. The zero-order chi connectivity index (χ0) is 23.4. The van der Waals surface area contributed by atoms with Gasteiger partial charge in [0.05, 0.1) is 19.3 Å². The Hall–Kier alpha value is -1.67. The Morgan fingerprint density at radius 3 is 2.25 bits per heavy atom. The Kier molecular flexibility index (Phi) is 8.55. The highest BCUT2D eigenvalue weighted by molar-refractivity contribution is 5.73. The van der Waals surface area contributed by atoms with Crippen molar-refractivity contribution in [2.24, 2.45) is 0 Å². The van der Waals surface area contributed by atoms with Gasteiger partial charge >= 0.3 is 0 Å². The Morgan fingerprint density at radius 1 is 0.906 bits per heavy atom. The van der Waals surface area contributed by atoms with Crippen molar-refractivity contribution in [2.45, 2.75) is 81.8 Å². The molecule has 0 unspecified atom stereocenters. The molecule has 180 valence electrons. The molecule has 2 saturated heterocycles. The Morgan fingerprint density at radius 2 is 1.59 bits per heavy atom. The SMILES string of the molecule is CC(=O)N[C@H]1[C@@H](OCc2ccccc2)O[C@H](CO[C@@H]2O[C@H](C)[C@H](O)[C@H](O)[C@H]2O)[C@@H](O)[C@@H]1O. The lowest BCUT2D eigenvalue weighted by Gasteiger charge is -2.44. The van der Waals surface area contributed by atoms with Crippen molar-refractivity contribution in [3.8, 4) is 0 Å². The first kappa shape index (κ1) is 25.0. The van der Waals surface area contributed by atoms with Crippen molar-refractivity contribution < 1.29 is 49.3 Å². The van der Waals surface area contributed by atoms with Gasteiger partial charge in [0.2, 0.25) is 5.91 Å². The number of rotatable bonds is 7. The maximum absolute atomic E-state index is 11.6. The van der Waals surface area contributed by atoms with Crippen LogP contribution in [0.1, 0.15) is 19.4 Å². The monoisotopic (exact) mass is 457 g/mol. The number of carbonyl (C=O) groups excluding carboxylic acids is 1. The van der Waals surface area contributed by atoms with Crippen LogP contribution in [0.5, 0.6) is 0 Å². The molecular formula is C21H31NO10. The Labute approximate surface area is 185 Å². The molecule has 11 nitrogen and oxygen atoms in total. The predicted octanol–water partition coefficient (Wildman–Crippen LogP) is -2.00. The molecule has 2 aliphatic heterocycles. The second-order valence-corrected chi connectivity index (χ2v) is 8.06. The van der Waals surface area contributed by atoms with Crippen LogP contribution in [0.15, 0.2) is 30.3 Å². The van der Waals surface area contributed by atoms with E-state index in [9.17, 15) is 30.3 Å². The van der Waals surface area contributed by atoms with Gasteiger partial charge in [0.15, 0.2) is 12.6 Å². The van der Waals surface area contributed by atoms with Gasteiger partial charge in [0.25, 0.3) is 0 Å². The maximum atomic E-state index is 11.6. The zero-order valence-electron chi connectivity index (χ0n) is 17.9. The Balaban J connectivity index is 1.66. The topological polar surface area (TPSA) is 167 Å². The Bertz CT molecular complexity index is 737. The number of hydrogen-bond acceptors (Lipinski definition) is 10. The second-order valence-electron chi connectivity index (χ2n) is 8.06. The largest absolute Gasteiger partial charge is 0.388 e. The summed E-state index contributed by atoms with van der Waals surface area (Å²) < 4.78 is 22.4. The van der Waals surface area contributed by atoms with Crippen molar-refractivity contribution in [1.82, 2.24) is 5.32 Å². The minimum absolute atomic E-state index is 0.129. The lowest BCUT2D eigenvalue weighted by atomic mass is 9.96. The molecule has 32 heavy (non-hydrogen) atoms. The molecule has 0 saturated carbocycles. The average molecular weight is 457 g/mol. The highest BCUT2D eigenvalue weighted by Gasteiger charge is 2.47. The molecule has 10 atom stereocenters. The fourth-order valence-corrected chi connectivity index (χ4v) is 3.69. The van der Waals surface area contributed by atoms with Crippen molar-refractivity contribution in [1.29, 1.82) is 0 Å². The summed E-state index contributed by atoms with van der Waals surface area (Å²) in [6.45, 7) is 2.58. The third-order valence-electron chi connectivity index (χ3n) is 5.56. The van der Waals surface area contributed by atoms with E-state index in [0.29, 0.717) is 0 Å². The number of hydrogen-bond donors (Lipinski definition) is 6. The van der Waals surface area contributed by atoms with Crippen molar-refractivity contribution >= 4 is 5.91 Å². The summed E-state index contributed by atoms with van der Waals surface area (Å²) in [5.41, 5.74) is 0.839. The van der Waals surface area contributed by atoms with Crippen molar-refractivity contribution in [3.63, 3.8) is 0 Å². The summed E-state index contributed by atoms with van der Waals surface area (Å²) in [5, 5.41) is 53.4. The van der Waals surface area contributed by atoms with Crippen molar-refractivity contribution in [3.05, 3.63) is 35.9 Å². The average Bonchev–Trinajstić information content (AvgIpc) is 2.77. The number of aliphatic hydroxyl groups is 5. The number of benzene rings is 1. The van der Waals surface area contributed by atoms with Crippen LogP contribution in [-0.4, -0.2) is 99.4 Å². The van der Waals surface area contributed by atoms with Gasteiger partial charge in [-0.15, -0.1) is 0 Å². The summed E-state index contributed by atoms with van der Waals surface area (Å²) in [6.07, 6.45) is -11.4. The minimum Gasteiger partial charge on any atom is -0.388 e. The van der Waals surface area contributed by atoms with Crippen LogP contribution >= 0.6 is 0 Å². The van der Waals surface area contributed by atoms with E-state index in [1.54, 1.807) is 0 Å². The lowest BCUT2D eigenvalue weighted by Crippen LogP contribution is -2.65. The van der Waals surface area contributed by atoms with Crippen molar-refractivity contribution in [2.75, 3.05) is 6.61 Å². The molecule has 0 aromatic heterocycles. The van der Waals surface area contributed by atoms with E-state index in [1.165, 1.54) is 13.8 Å². The number of aliphatic hydroxyl groups excluding tert-OH is 5. The first-order valence-electron chi connectivity index (χ1n) is 10.4. The van der Waals surface area contributed by atoms with E-state index >= 15 is 0 Å². The van der Waals surface area contributed by atoms with Gasteiger partial charge in [-0.2, -0.15) is 0 Å². The van der Waals surface area contributed by atoms with Gasteiger partial charge in [-0.1, -0.05) is 30.3 Å². The number of carbonyl (C=O) groups is 1. The molecule has 0 radical (unpaired) electrons. The molecule has 0 bridgehead atoms. The predicted molar refractivity (Wildman–Crippen MR) is 108 cm³/mol. The normalized spacial score (nSPS) is 40.1. The fraction of sp³-hybridized carbons (Fsp3) is 0.667. The molecule has 0 spiro atoms. The first-order valence-corrected chi connectivity index (χ1v) is 10.4. The first-order chi connectivity index (χ1) is 15.2. The fourth-order valence-electron chi connectivity index (χ4n) is 3.69. The summed E-state index contributed by atoms with van der Waals surface area (Å²) >= 11 is 0. The molecule has 2 aliphatic rings. The molecule has 6 N–H and O–H groups in total. The van der Waals surface area contributed by atoms with Crippen LogP contribution in [-0.2, 0) is 30.3 Å². The minimum atomic E-state index is -1.52. The third-order valence-corrected chi connectivity index (χ3v) is 5.56. The summed E-state index contributed by atoms with van der Waals surface area (Å²) in [7, 11) is 0. The van der Waals surface area contributed by atoms with Gasteiger partial charge in [0, 0.05) is 6.92 Å². The zero-order valence-corrected chi connectivity index (χ0v) is 17.9. The summed E-state index contributed by atoms with van der Waals surface area (Å²) in [4.78, 5) is 11.6. The van der Waals surface area contributed by atoms with Gasteiger partial charge in [-0.3, -0.25) is 4.79 Å². The molecular weight excluding hydrogens is 426 g/mol. The van der Waals surface area contributed by atoms with Gasteiger partial charge in [-0.25, -0.2) is 0 Å². The molecule has 11 heteroatoms. The molecule has 2 fully saturated rings. The quantitative estimate of drug-likeness (QED) is 0.269. The van der Waals surface area contributed by atoms with Crippen LogP contribution < -0.4 is 5.32 Å². The molecule has 1 aromatic carbocycles. The van der Waals surface area contributed by atoms with E-state index in [1.807, 2.05) is 30.3 Å².